The quantitative estimate of drug-likeness (QED) is 0.905. The molecule has 0 bridgehead atoms. The average Bonchev–Trinajstić information content (AvgIpc) is 3.02. The van der Waals surface area contributed by atoms with Gasteiger partial charge in [0.25, 0.3) is 5.91 Å². The largest absolute Gasteiger partial charge is 0.497 e. The Morgan fingerprint density at radius 2 is 2.00 bits per heavy atom. The molecule has 1 amide bonds. The van der Waals surface area contributed by atoms with Crippen molar-refractivity contribution in [3.8, 4) is 11.5 Å². The second-order valence-electron chi connectivity index (χ2n) is 5.97. The van der Waals surface area contributed by atoms with Crippen molar-refractivity contribution in [1.82, 2.24) is 4.90 Å². The SMILES string of the molecule is COc1cccc(C2CC(O)CN2C(=O)COc2cccc(F)c2)c1. The maximum atomic E-state index is 13.2. The number of amides is 1. The molecule has 2 atom stereocenters. The number of hydrogen-bond donors (Lipinski definition) is 1. The minimum atomic E-state index is -0.589. The summed E-state index contributed by atoms with van der Waals surface area (Å²) in [5.41, 5.74) is 0.898. The fourth-order valence-corrected chi connectivity index (χ4v) is 3.04. The molecule has 2 aromatic carbocycles. The van der Waals surface area contributed by atoms with Gasteiger partial charge < -0.3 is 19.5 Å². The molecular weight excluding hydrogens is 325 g/mol. The Kier molecular flexibility index (Phi) is 5.19. The standard InChI is InChI=1S/C19H20FNO4/c1-24-16-6-2-4-13(8-16)18-10-15(22)11-21(18)19(23)12-25-17-7-3-5-14(20)9-17/h2-9,15,18,22H,10-12H2,1H3. The van der Waals surface area contributed by atoms with E-state index in [9.17, 15) is 14.3 Å². The first-order valence-corrected chi connectivity index (χ1v) is 8.06. The number of nitrogens with zero attached hydrogens (tertiary/aromatic N) is 1. The zero-order valence-electron chi connectivity index (χ0n) is 13.9. The highest BCUT2D eigenvalue weighted by Gasteiger charge is 2.35. The summed E-state index contributed by atoms with van der Waals surface area (Å²) >= 11 is 0. The molecule has 5 nitrogen and oxygen atoms in total. The summed E-state index contributed by atoms with van der Waals surface area (Å²) in [5, 5.41) is 10.0. The summed E-state index contributed by atoms with van der Waals surface area (Å²) in [6.07, 6.45) is -0.131. The van der Waals surface area contributed by atoms with Crippen LogP contribution < -0.4 is 9.47 Å². The van der Waals surface area contributed by atoms with E-state index < -0.39 is 11.9 Å². The third-order valence-corrected chi connectivity index (χ3v) is 4.24. The lowest BCUT2D eigenvalue weighted by Gasteiger charge is -2.25. The molecule has 25 heavy (non-hydrogen) atoms. The monoisotopic (exact) mass is 345 g/mol. The smallest absolute Gasteiger partial charge is 0.261 e. The molecule has 6 heteroatoms. The van der Waals surface area contributed by atoms with Gasteiger partial charge in [0.05, 0.1) is 19.3 Å². The highest BCUT2D eigenvalue weighted by molar-refractivity contribution is 5.78. The van der Waals surface area contributed by atoms with E-state index in [0.29, 0.717) is 17.9 Å². The van der Waals surface area contributed by atoms with Crippen molar-refractivity contribution < 1.29 is 23.8 Å². The Balaban J connectivity index is 1.71. The van der Waals surface area contributed by atoms with E-state index in [4.69, 9.17) is 9.47 Å². The fourth-order valence-electron chi connectivity index (χ4n) is 3.04. The number of ether oxygens (including phenoxy) is 2. The van der Waals surface area contributed by atoms with Gasteiger partial charge in [-0.25, -0.2) is 4.39 Å². The van der Waals surface area contributed by atoms with Crippen molar-refractivity contribution in [3.05, 3.63) is 59.9 Å². The molecule has 0 spiro atoms. The van der Waals surface area contributed by atoms with E-state index in [-0.39, 0.29) is 25.1 Å². The second kappa shape index (κ2) is 7.53. The molecule has 1 saturated heterocycles. The number of aliphatic hydroxyl groups excluding tert-OH is 1. The molecule has 1 aliphatic heterocycles. The zero-order chi connectivity index (χ0) is 17.8. The number of rotatable bonds is 5. The van der Waals surface area contributed by atoms with Gasteiger partial charge >= 0.3 is 0 Å². The van der Waals surface area contributed by atoms with Crippen molar-refractivity contribution in [2.24, 2.45) is 0 Å². The Hall–Kier alpha value is -2.60. The summed E-state index contributed by atoms with van der Waals surface area (Å²) in [4.78, 5) is 14.1. The lowest BCUT2D eigenvalue weighted by Crippen LogP contribution is -2.35. The third-order valence-electron chi connectivity index (χ3n) is 4.24. The number of likely N-dealkylation sites (tertiary alicyclic amines) is 1. The van der Waals surface area contributed by atoms with E-state index in [1.165, 1.54) is 18.2 Å². The first-order chi connectivity index (χ1) is 12.1. The molecule has 0 saturated carbocycles. The van der Waals surface area contributed by atoms with Gasteiger partial charge in [0.2, 0.25) is 0 Å². The second-order valence-corrected chi connectivity index (χ2v) is 5.97. The van der Waals surface area contributed by atoms with Gasteiger partial charge in [-0.15, -0.1) is 0 Å². The van der Waals surface area contributed by atoms with Crippen LogP contribution in [0.15, 0.2) is 48.5 Å². The van der Waals surface area contributed by atoms with Gasteiger partial charge in [0.1, 0.15) is 17.3 Å². The Labute approximate surface area is 145 Å². The van der Waals surface area contributed by atoms with E-state index in [1.54, 1.807) is 18.1 Å². The third kappa shape index (κ3) is 4.09. The van der Waals surface area contributed by atoms with E-state index in [1.807, 2.05) is 24.3 Å². The van der Waals surface area contributed by atoms with Crippen molar-refractivity contribution in [2.45, 2.75) is 18.6 Å². The van der Waals surface area contributed by atoms with Crippen LogP contribution in [-0.4, -0.2) is 42.3 Å². The molecule has 132 valence electrons. The van der Waals surface area contributed by atoms with Crippen LogP contribution in [0.25, 0.3) is 0 Å². The van der Waals surface area contributed by atoms with E-state index in [2.05, 4.69) is 0 Å². The van der Waals surface area contributed by atoms with Crippen molar-refractivity contribution in [2.75, 3.05) is 20.3 Å². The maximum absolute atomic E-state index is 13.2. The summed E-state index contributed by atoms with van der Waals surface area (Å²) in [6.45, 7) is 0.0316. The number of carbonyl (C=O) groups is 1. The maximum Gasteiger partial charge on any atom is 0.261 e. The zero-order valence-corrected chi connectivity index (χ0v) is 13.9. The molecule has 0 aromatic heterocycles. The predicted octanol–water partition coefficient (Wildman–Crippen LogP) is 2.55. The van der Waals surface area contributed by atoms with Gasteiger partial charge in [0.15, 0.2) is 6.61 Å². The first-order valence-electron chi connectivity index (χ1n) is 8.06. The molecule has 1 N–H and O–H groups in total. The molecule has 2 aromatic rings. The van der Waals surface area contributed by atoms with Gasteiger partial charge in [0, 0.05) is 12.6 Å². The van der Waals surface area contributed by atoms with Crippen molar-refractivity contribution in [1.29, 1.82) is 0 Å². The van der Waals surface area contributed by atoms with E-state index in [0.717, 1.165) is 5.56 Å². The minimum absolute atomic E-state index is 0.212. The number of carbonyl (C=O) groups excluding carboxylic acids is 1. The van der Waals surface area contributed by atoms with Crippen LogP contribution in [0.1, 0.15) is 18.0 Å². The minimum Gasteiger partial charge on any atom is -0.497 e. The average molecular weight is 345 g/mol. The van der Waals surface area contributed by atoms with Crippen molar-refractivity contribution in [3.63, 3.8) is 0 Å². The topological polar surface area (TPSA) is 59.0 Å². The van der Waals surface area contributed by atoms with Gasteiger partial charge in [-0.1, -0.05) is 18.2 Å². The van der Waals surface area contributed by atoms with Crippen LogP contribution in [0.5, 0.6) is 11.5 Å². The summed E-state index contributed by atoms with van der Waals surface area (Å²) < 4.78 is 23.8. The molecule has 0 radical (unpaired) electrons. The Bertz CT molecular complexity index is 752. The number of halogens is 1. The van der Waals surface area contributed by atoms with Gasteiger partial charge in [-0.05, 0) is 36.2 Å². The summed E-state index contributed by atoms with van der Waals surface area (Å²) in [5.74, 6) is 0.317. The molecule has 1 heterocycles. The van der Waals surface area contributed by atoms with Crippen molar-refractivity contribution >= 4 is 5.91 Å². The number of β-amino-alcohol motifs (C(OH)–C–C–N with tert-alkyl or cyclic N) is 1. The summed E-state index contributed by atoms with van der Waals surface area (Å²) in [6, 6.07) is 12.8. The normalized spacial score (nSPS) is 19.7. The molecule has 2 unspecified atom stereocenters. The number of aliphatic hydroxyl groups is 1. The predicted molar refractivity (Wildman–Crippen MR) is 90.0 cm³/mol. The van der Waals surface area contributed by atoms with Crippen LogP contribution >= 0.6 is 0 Å². The lowest BCUT2D eigenvalue weighted by molar-refractivity contribution is -0.134. The highest BCUT2D eigenvalue weighted by Crippen LogP contribution is 2.33. The van der Waals surface area contributed by atoms with Gasteiger partial charge in [-0.2, -0.15) is 0 Å². The van der Waals surface area contributed by atoms with Gasteiger partial charge in [-0.3, -0.25) is 4.79 Å². The number of hydrogen-bond acceptors (Lipinski definition) is 4. The van der Waals surface area contributed by atoms with Crippen LogP contribution in [0.4, 0.5) is 4.39 Å². The van der Waals surface area contributed by atoms with Crippen LogP contribution in [-0.2, 0) is 4.79 Å². The van der Waals surface area contributed by atoms with Crippen LogP contribution in [0.3, 0.4) is 0 Å². The Morgan fingerprint density at radius 1 is 1.24 bits per heavy atom. The molecular formula is C19H20FNO4. The molecule has 1 aliphatic rings. The Morgan fingerprint density at radius 3 is 2.76 bits per heavy atom. The van der Waals surface area contributed by atoms with E-state index >= 15 is 0 Å². The van der Waals surface area contributed by atoms with Crippen LogP contribution in [0.2, 0.25) is 0 Å². The lowest BCUT2D eigenvalue weighted by atomic mass is 10.0. The molecule has 1 fully saturated rings. The highest BCUT2D eigenvalue weighted by atomic mass is 19.1. The summed E-state index contributed by atoms with van der Waals surface area (Å²) in [7, 11) is 1.58. The first kappa shape index (κ1) is 17.2. The fraction of sp³-hybridized carbons (Fsp3) is 0.316. The molecule has 0 aliphatic carbocycles. The molecule has 3 rings (SSSR count). The number of methoxy groups -OCH3 is 1. The van der Waals surface area contributed by atoms with Crippen LogP contribution in [0, 0.1) is 5.82 Å². The number of benzene rings is 2.